The summed E-state index contributed by atoms with van der Waals surface area (Å²) in [6.45, 7) is 1.82. The highest BCUT2D eigenvalue weighted by Gasteiger charge is 2.25. The Balaban J connectivity index is 1.39. The smallest absolute Gasteiger partial charge is 0.294 e. The maximum Gasteiger partial charge on any atom is 0.294 e. The minimum atomic E-state index is -0.523. The van der Waals surface area contributed by atoms with E-state index in [9.17, 15) is 4.79 Å². The van der Waals surface area contributed by atoms with Gasteiger partial charge in [-0.3, -0.25) is 4.79 Å². The molecule has 5 aromatic rings. The number of rotatable bonds is 6. The predicted octanol–water partition coefficient (Wildman–Crippen LogP) is 3.78. The van der Waals surface area contributed by atoms with Gasteiger partial charge in [0.1, 0.15) is 5.69 Å². The number of hydrazone groups is 1. The molecule has 2 aromatic carbocycles. The second kappa shape index (κ2) is 9.08. The Hall–Kier alpha value is -4.64. The maximum absolute atomic E-state index is 13.0. The molecule has 5 rings (SSSR count). The molecule has 0 aliphatic rings. The number of aromatic nitrogens is 5. The largest absolute Gasteiger partial charge is 0.378 e. The topological polar surface area (TPSA) is 137 Å². The molecule has 0 aliphatic carbocycles. The Morgan fingerprint density at radius 3 is 2.47 bits per heavy atom. The second-order valence-corrected chi connectivity index (χ2v) is 8.18. The van der Waals surface area contributed by atoms with Gasteiger partial charge in [0.25, 0.3) is 5.91 Å². The van der Waals surface area contributed by atoms with E-state index in [1.807, 2.05) is 66.9 Å². The molecule has 1 amide bonds. The summed E-state index contributed by atoms with van der Waals surface area (Å²) in [4.78, 5) is 13.7. The van der Waals surface area contributed by atoms with Crippen LogP contribution in [0.25, 0.3) is 27.5 Å². The number of thiophene rings is 1. The Bertz CT molecular complexity index is 1450. The van der Waals surface area contributed by atoms with Crippen LogP contribution in [-0.2, 0) is 0 Å². The van der Waals surface area contributed by atoms with Gasteiger partial charge in [-0.05, 0) is 45.4 Å². The number of hydrogen-bond acceptors (Lipinski definition) is 9. The molecule has 0 bridgehead atoms. The zero-order chi connectivity index (χ0) is 23.5. The molecular weight excluding hydrogens is 452 g/mol. The highest BCUT2D eigenvalue weighted by molar-refractivity contribution is 7.13. The number of benzene rings is 2. The summed E-state index contributed by atoms with van der Waals surface area (Å²) >= 11 is 1.41. The van der Waals surface area contributed by atoms with E-state index in [0.29, 0.717) is 11.4 Å². The highest BCUT2D eigenvalue weighted by atomic mass is 32.1. The van der Waals surface area contributed by atoms with Crippen LogP contribution in [0.4, 0.5) is 5.82 Å². The molecule has 3 heterocycles. The lowest BCUT2D eigenvalue weighted by Crippen LogP contribution is -2.20. The number of carbonyl (C=O) groups excluding carboxylic acids is 1. The summed E-state index contributed by atoms with van der Waals surface area (Å²) in [5, 5.41) is 21.6. The molecule has 3 N–H and O–H groups in total. The molecule has 0 saturated carbocycles. The third-order valence-corrected chi connectivity index (χ3v) is 5.95. The summed E-state index contributed by atoms with van der Waals surface area (Å²) in [6.07, 6.45) is 0. The first-order valence-electron chi connectivity index (χ1n) is 10.2. The molecule has 0 fully saturated rings. The number of nitrogen functional groups attached to an aromatic ring is 1. The van der Waals surface area contributed by atoms with Crippen molar-refractivity contribution in [1.82, 2.24) is 30.7 Å². The fraction of sp³-hybridized carbons (Fsp3) is 0.0435. The molecule has 0 radical (unpaired) electrons. The van der Waals surface area contributed by atoms with E-state index in [2.05, 4.69) is 47.9 Å². The van der Waals surface area contributed by atoms with Gasteiger partial charge in [-0.15, -0.1) is 16.4 Å². The van der Waals surface area contributed by atoms with Gasteiger partial charge < -0.3 is 5.73 Å². The third kappa shape index (κ3) is 4.07. The zero-order valence-electron chi connectivity index (χ0n) is 17.9. The van der Waals surface area contributed by atoms with Crippen LogP contribution >= 0.6 is 11.3 Å². The van der Waals surface area contributed by atoms with Crippen LogP contribution < -0.4 is 11.2 Å². The molecule has 11 heteroatoms. The third-order valence-electron chi connectivity index (χ3n) is 5.07. The first-order valence-corrected chi connectivity index (χ1v) is 11.1. The summed E-state index contributed by atoms with van der Waals surface area (Å²) < 4.78 is 6.00. The summed E-state index contributed by atoms with van der Waals surface area (Å²) in [7, 11) is 0. The van der Waals surface area contributed by atoms with Crippen LogP contribution in [0, 0.1) is 0 Å². The van der Waals surface area contributed by atoms with Gasteiger partial charge in [0.15, 0.2) is 5.69 Å². The van der Waals surface area contributed by atoms with E-state index < -0.39 is 5.91 Å². The number of nitrogens with one attached hydrogen (secondary N) is 1. The van der Waals surface area contributed by atoms with Crippen molar-refractivity contribution in [1.29, 1.82) is 0 Å². The van der Waals surface area contributed by atoms with Gasteiger partial charge in [0.2, 0.25) is 11.6 Å². The molecule has 0 atom stereocenters. The van der Waals surface area contributed by atoms with Gasteiger partial charge in [-0.25, -0.2) is 10.1 Å². The SMILES string of the molecule is C/C(=N/NC(=O)c1nnn(-c2nonc2N)c1-c1cccs1)c1ccc(-c2ccccc2)cc1. The van der Waals surface area contributed by atoms with E-state index in [-0.39, 0.29) is 17.3 Å². The lowest BCUT2D eigenvalue weighted by atomic mass is 10.0. The van der Waals surface area contributed by atoms with Crippen molar-refractivity contribution in [2.45, 2.75) is 6.92 Å². The average molecular weight is 471 g/mol. The van der Waals surface area contributed by atoms with Crippen molar-refractivity contribution >= 4 is 28.8 Å². The minimum Gasteiger partial charge on any atom is -0.378 e. The second-order valence-electron chi connectivity index (χ2n) is 7.23. The predicted molar refractivity (Wildman–Crippen MR) is 128 cm³/mol. The number of hydrogen-bond donors (Lipinski definition) is 2. The van der Waals surface area contributed by atoms with Crippen molar-refractivity contribution in [3.8, 4) is 27.5 Å². The number of nitrogens with zero attached hydrogens (tertiary/aromatic N) is 6. The van der Waals surface area contributed by atoms with Crippen molar-refractivity contribution in [2.75, 3.05) is 5.73 Å². The van der Waals surface area contributed by atoms with Gasteiger partial charge >= 0.3 is 0 Å². The highest BCUT2D eigenvalue weighted by Crippen LogP contribution is 2.29. The Labute approximate surface area is 197 Å². The fourth-order valence-electron chi connectivity index (χ4n) is 3.34. The quantitative estimate of drug-likeness (QED) is 0.284. The van der Waals surface area contributed by atoms with Crippen LogP contribution in [0.15, 0.2) is 81.8 Å². The molecule has 10 nitrogen and oxygen atoms in total. The maximum atomic E-state index is 13.0. The lowest BCUT2D eigenvalue weighted by molar-refractivity contribution is 0.0950. The summed E-state index contributed by atoms with van der Waals surface area (Å²) in [6, 6.07) is 21.7. The monoisotopic (exact) mass is 470 g/mol. The van der Waals surface area contributed by atoms with Gasteiger partial charge in [-0.2, -0.15) is 9.78 Å². The zero-order valence-corrected chi connectivity index (χ0v) is 18.7. The van der Waals surface area contributed by atoms with Crippen LogP contribution in [-0.4, -0.2) is 36.9 Å². The first kappa shape index (κ1) is 21.2. The standard InChI is InChI=1S/C23H18N8O2S/c1-14(15-9-11-17(12-10-15)16-6-3-2-4-7-16)25-27-23(32)19-20(18-8-5-13-34-18)31(30-26-19)22-21(24)28-33-29-22/h2-13H,1H3,(H2,24,28)(H,27,32)/b25-14-. The fourth-order valence-corrected chi connectivity index (χ4v) is 4.10. The Morgan fingerprint density at radius 2 is 1.79 bits per heavy atom. The summed E-state index contributed by atoms with van der Waals surface area (Å²) in [5.41, 5.74) is 12.6. The minimum absolute atomic E-state index is 0.0301. The lowest BCUT2D eigenvalue weighted by Gasteiger charge is -2.06. The molecule has 0 saturated heterocycles. The normalized spacial score (nSPS) is 11.5. The van der Waals surface area contributed by atoms with E-state index >= 15 is 0 Å². The van der Waals surface area contributed by atoms with E-state index in [1.165, 1.54) is 16.0 Å². The molecule has 0 aliphatic heterocycles. The molecule has 0 spiro atoms. The molecule has 0 unspecified atom stereocenters. The van der Waals surface area contributed by atoms with Gasteiger partial charge in [0.05, 0.1) is 10.6 Å². The van der Waals surface area contributed by atoms with Gasteiger partial charge in [0, 0.05) is 0 Å². The number of amides is 1. The van der Waals surface area contributed by atoms with E-state index in [1.54, 1.807) is 0 Å². The van der Waals surface area contributed by atoms with Crippen LogP contribution in [0.1, 0.15) is 23.0 Å². The molecule has 34 heavy (non-hydrogen) atoms. The first-order chi connectivity index (χ1) is 16.6. The molecule has 168 valence electrons. The van der Waals surface area contributed by atoms with Crippen LogP contribution in [0.5, 0.6) is 0 Å². The molecular formula is C23H18N8O2S. The Kier molecular flexibility index (Phi) is 5.67. The average Bonchev–Trinajstić information content (AvgIpc) is 3.63. The summed E-state index contributed by atoms with van der Waals surface area (Å²) in [5.74, 6) is -0.347. The van der Waals surface area contributed by atoms with Crippen molar-refractivity contribution in [3.05, 3.63) is 83.4 Å². The Morgan fingerprint density at radius 1 is 1.03 bits per heavy atom. The number of carbonyl (C=O) groups is 1. The van der Waals surface area contributed by atoms with Crippen molar-refractivity contribution in [3.63, 3.8) is 0 Å². The van der Waals surface area contributed by atoms with Crippen LogP contribution in [0.2, 0.25) is 0 Å². The number of anilines is 1. The van der Waals surface area contributed by atoms with Crippen LogP contribution in [0.3, 0.4) is 0 Å². The van der Waals surface area contributed by atoms with E-state index in [0.717, 1.165) is 21.6 Å². The molecule has 3 aromatic heterocycles. The number of nitrogens with two attached hydrogens (primary N) is 1. The van der Waals surface area contributed by atoms with Crippen molar-refractivity contribution in [2.24, 2.45) is 5.10 Å². The van der Waals surface area contributed by atoms with Crippen molar-refractivity contribution < 1.29 is 9.42 Å². The van der Waals surface area contributed by atoms with E-state index in [4.69, 9.17) is 5.73 Å². The van der Waals surface area contributed by atoms with Gasteiger partial charge in [-0.1, -0.05) is 65.9 Å².